The number of imidazole rings is 1. The number of H-pyrrole nitrogens is 1. The van der Waals surface area contributed by atoms with Crippen LogP contribution in [0.1, 0.15) is 12.7 Å². The molecule has 0 aliphatic heterocycles. The minimum absolute atomic E-state index is 0.797. The van der Waals surface area contributed by atoms with Gasteiger partial charge in [-0.05, 0) is 19.1 Å². The normalized spacial score (nSPS) is 11.1. The van der Waals surface area contributed by atoms with E-state index in [0.717, 1.165) is 41.6 Å². The lowest BCUT2D eigenvalue weighted by Crippen LogP contribution is -1.96. The SMILES string of the molecule is CCOCCSCc1nc2ccccc2[nH]1. The second-order valence-corrected chi connectivity index (χ2v) is 4.56. The fourth-order valence-electron chi connectivity index (χ4n) is 1.51. The summed E-state index contributed by atoms with van der Waals surface area (Å²) in [7, 11) is 0. The predicted molar refractivity (Wildman–Crippen MR) is 68.7 cm³/mol. The lowest BCUT2D eigenvalue weighted by Gasteiger charge is -1.99. The summed E-state index contributed by atoms with van der Waals surface area (Å²) >= 11 is 1.84. The van der Waals surface area contributed by atoms with Crippen LogP contribution in [0.25, 0.3) is 11.0 Å². The number of hydrogen-bond donors (Lipinski definition) is 1. The summed E-state index contributed by atoms with van der Waals surface area (Å²) in [5, 5.41) is 0. The fraction of sp³-hybridized carbons (Fsp3) is 0.417. The number of benzene rings is 1. The minimum Gasteiger partial charge on any atom is -0.381 e. The molecule has 0 fully saturated rings. The third-order valence-electron chi connectivity index (χ3n) is 2.25. The average Bonchev–Trinajstić information content (AvgIpc) is 2.71. The van der Waals surface area contributed by atoms with E-state index in [0.29, 0.717) is 0 Å². The third kappa shape index (κ3) is 3.00. The smallest absolute Gasteiger partial charge is 0.117 e. The van der Waals surface area contributed by atoms with E-state index in [4.69, 9.17) is 4.74 Å². The van der Waals surface area contributed by atoms with Crippen LogP contribution in [0.5, 0.6) is 0 Å². The van der Waals surface area contributed by atoms with Gasteiger partial charge >= 0.3 is 0 Å². The van der Waals surface area contributed by atoms with Crippen LogP contribution in [-0.2, 0) is 10.5 Å². The second-order valence-electron chi connectivity index (χ2n) is 3.45. The highest BCUT2D eigenvalue weighted by Crippen LogP contribution is 2.14. The first-order valence-corrected chi connectivity index (χ1v) is 6.64. The maximum absolute atomic E-state index is 5.28. The molecule has 2 rings (SSSR count). The molecule has 86 valence electrons. The van der Waals surface area contributed by atoms with Gasteiger partial charge in [-0.1, -0.05) is 12.1 Å². The number of thioether (sulfide) groups is 1. The summed E-state index contributed by atoms with van der Waals surface area (Å²) < 4.78 is 5.28. The van der Waals surface area contributed by atoms with E-state index >= 15 is 0 Å². The largest absolute Gasteiger partial charge is 0.381 e. The summed E-state index contributed by atoms with van der Waals surface area (Å²) in [6.07, 6.45) is 0. The van der Waals surface area contributed by atoms with Crippen LogP contribution < -0.4 is 0 Å². The molecule has 0 radical (unpaired) electrons. The van der Waals surface area contributed by atoms with Gasteiger partial charge < -0.3 is 9.72 Å². The standard InChI is InChI=1S/C12H16N2OS/c1-2-15-7-8-16-9-12-13-10-5-3-4-6-11(10)14-12/h3-6H,2,7-9H2,1H3,(H,13,14). The van der Waals surface area contributed by atoms with Crippen molar-refractivity contribution in [2.24, 2.45) is 0 Å². The topological polar surface area (TPSA) is 37.9 Å². The minimum atomic E-state index is 0.797. The highest BCUT2D eigenvalue weighted by molar-refractivity contribution is 7.98. The van der Waals surface area contributed by atoms with Crippen molar-refractivity contribution < 1.29 is 4.74 Å². The molecule has 1 heterocycles. The molecule has 16 heavy (non-hydrogen) atoms. The number of para-hydroxylation sites is 2. The summed E-state index contributed by atoms with van der Waals surface area (Å²) in [5.41, 5.74) is 2.16. The summed E-state index contributed by atoms with van der Waals surface area (Å²) in [6.45, 7) is 3.64. The summed E-state index contributed by atoms with van der Waals surface area (Å²) in [5.74, 6) is 2.98. The molecule has 1 N–H and O–H groups in total. The van der Waals surface area contributed by atoms with Crippen molar-refractivity contribution in [3.05, 3.63) is 30.1 Å². The van der Waals surface area contributed by atoms with Crippen LogP contribution >= 0.6 is 11.8 Å². The van der Waals surface area contributed by atoms with Gasteiger partial charge in [0.25, 0.3) is 0 Å². The van der Waals surface area contributed by atoms with E-state index in [1.807, 2.05) is 36.9 Å². The highest BCUT2D eigenvalue weighted by atomic mass is 32.2. The zero-order valence-electron chi connectivity index (χ0n) is 9.40. The van der Waals surface area contributed by atoms with Gasteiger partial charge in [-0.15, -0.1) is 0 Å². The lowest BCUT2D eigenvalue weighted by atomic mass is 10.3. The summed E-state index contributed by atoms with van der Waals surface area (Å²) in [4.78, 5) is 7.83. The Labute approximate surface area is 99.6 Å². The van der Waals surface area contributed by atoms with E-state index in [-0.39, 0.29) is 0 Å². The molecule has 2 aromatic rings. The van der Waals surface area contributed by atoms with Gasteiger partial charge in [0.05, 0.1) is 23.4 Å². The van der Waals surface area contributed by atoms with Crippen molar-refractivity contribution in [3.63, 3.8) is 0 Å². The number of hydrogen-bond acceptors (Lipinski definition) is 3. The van der Waals surface area contributed by atoms with Crippen molar-refractivity contribution in [1.29, 1.82) is 0 Å². The molecule has 0 amide bonds. The average molecular weight is 236 g/mol. The van der Waals surface area contributed by atoms with Crippen molar-refractivity contribution in [1.82, 2.24) is 9.97 Å². The molecular weight excluding hydrogens is 220 g/mol. The lowest BCUT2D eigenvalue weighted by molar-refractivity contribution is 0.164. The van der Waals surface area contributed by atoms with Crippen molar-refractivity contribution >= 4 is 22.8 Å². The van der Waals surface area contributed by atoms with Crippen molar-refractivity contribution in [3.8, 4) is 0 Å². The van der Waals surface area contributed by atoms with Gasteiger partial charge in [0.2, 0.25) is 0 Å². The Morgan fingerprint density at radius 2 is 2.25 bits per heavy atom. The van der Waals surface area contributed by atoms with Gasteiger partial charge in [-0.3, -0.25) is 0 Å². The van der Waals surface area contributed by atoms with Crippen LogP contribution in [0.15, 0.2) is 24.3 Å². The van der Waals surface area contributed by atoms with Crippen LogP contribution in [-0.4, -0.2) is 28.9 Å². The van der Waals surface area contributed by atoms with Crippen LogP contribution in [0, 0.1) is 0 Å². The molecule has 0 saturated carbocycles. The number of rotatable bonds is 6. The van der Waals surface area contributed by atoms with Crippen LogP contribution in [0.2, 0.25) is 0 Å². The third-order valence-corrected chi connectivity index (χ3v) is 3.19. The first kappa shape index (κ1) is 11.5. The molecule has 0 atom stereocenters. The van der Waals surface area contributed by atoms with E-state index in [2.05, 4.69) is 16.0 Å². The Bertz CT molecular complexity index is 408. The van der Waals surface area contributed by atoms with E-state index < -0.39 is 0 Å². The molecule has 0 saturated heterocycles. The van der Waals surface area contributed by atoms with E-state index in [1.54, 1.807) is 0 Å². The zero-order valence-corrected chi connectivity index (χ0v) is 10.2. The van der Waals surface area contributed by atoms with Gasteiger partial charge in [0, 0.05) is 12.4 Å². The molecule has 0 aliphatic rings. The van der Waals surface area contributed by atoms with Gasteiger partial charge in [0.15, 0.2) is 0 Å². The van der Waals surface area contributed by atoms with Crippen molar-refractivity contribution in [2.75, 3.05) is 19.0 Å². The number of nitrogens with one attached hydrogen (secondary N) is 1. The Morgan fingerprint density at radius 1 is 1.38 bits per heavy atom. The summed E-state index contributed by atoms with van der Waals surface area (Å²) in [6, 6.07) is 8.11. The molecule has 0 aliphatic carbocycles. The number of aromatic amines is 1. The molecule has 1 aromatic carbocycles. The Balaban J connectivity index is 1.85. The Morgan fingerprint density at radius 3 is 3.06 bits per heavy atom. The number of aromatic nitrogens is 2. The van der Waals surface area contributed by atoms with Crippen LogP contribution in [0.4, 0.5) is 0 Å². The molecular formula is C12H16N2OS. The molecule has 0 unspecified atom stereocenters. The quantitative estimate of drug-likeness (QED) is 0.784. The molecule has 3 nitrogen and oxygen atoms in total. The van der Waals surface area contributed by atoms with Gasteiger partial charge in [0.1, 0.15) is 5.82 Å². The fourth-order valence-corrected chi connectivity index (χ4v) is 2.22. The first-order valence-electron chi connectivity index (χ1n) is 5.49. The number of fused-ring (bicyclic) bond motifs is 1. The predicted octanol–water partition coefficient (Wildman–Crippen LogP) is 2.83. The number of ether oxygens (including phenoxy) is 1. The van der Waals surface area contributed by atoms with Gasteiger partial charge in [-0.2, -0.15) is 11.8 Å². The monoisotopic (exact) mass is 236 g/mol. The van der Waals surface area contributed by atoms with E-state index in [9.17, 15) is 0 Å². The maximum atomic E-state index is 5.28. The molecule has 0 spiro atoms. The molecule has 0 bridgehead atoms. The highest BCUT2D eigenvalue weighted by Gasteiger charge is 2.01. The van der Waals surface area contributed by atoms with Crippen LogP contribution in [0.3, 0.4) is 0 Å². The Hall–Kier alpha value is -1.00. The first-order chi connectivity index (χ1) is 7.90. The molecule has 1 aromatic heterocycles. The van der Waals surface area contributed by atoms with E-state index in [1.165, 1.54) is 0 Å². The zero-order chi connectivity index (χ0) is 11.2. The van der Waals surface area contributed by atoms with Gasteiger partial charge in [-0.25, -0.2) is 4.98 Å². The maximum Gasteiger partial charge on any atom is 0.117 e. The molecule has 4 heteroatoms. The van der Waals surface area contributed by atoms with Crippen molar-refractivity contribution in [2.45, 2.75) is 12.7 Å². The number of nitrogens with zero attached hydrogens (tertiary/aromatic N) is 1. The second kappa shape index (κ2) is 5.92. The Kier molecular flexibility index (Phi) is 4.25.